The molecule has 0 aliphatic carbocycles. The summed E-state index contributed by atoms with van der Waals surface area (Å²) in [6.07, 6.45) is 1.54. The Balaban J connectivity index is 1.63. The lowest BCUT2D eigenvalue weighted by Crippen LogP contribution is -2.60. The van der Waals surface area contributed by atoms with Gasteiger partial charge in [-0.2, -0.15) is 0 Å². The van der Waals surface area contributed by atoms with E-state index >= 15 is 0 Å². The van der Waals surface area contributed by atoms with Crippen molar-refractivity contribution in [2.75, 3.05) is 40.3 Å². The first-order valence-corrected chi connectivity index (χ1v) is 13.5. The van der Waals surface area contributed by atoms with Gasteiger partial charge < -0.3 is 34.2 Å². The lowest BCUT2D eigenvalue weighted by Gasteiger charge is -2.41. The first kappa shape index (κ1) is 30.2. The summed E-state index contributed by atoms with van der Waals surface area (Å²) < 4.78 is 17.3. The molecule has 2 atom stereocenters. The van der Waals surface area contributed by atoms with Crippen molar-refractivity contribution in [1.82, 2.24) is 20.0 Å². The number of likely N-dealkylation sites (tertiary alicyclic amines) is 2. The Hall–Kier alpha value is -3.34. The Morgan fingerprint density at radius 1 is 0.974 bits per heavy atom. The topological polar surface area (TPSA) is 118 Å². The maximum atomic E-state index is 13.1. The predicted octanol–water partition coefficient (Wildman–Crippen LogP) is 2.78. The van der Waals surface area contributed by atoms with E-state index in [-0.39, 0.29) is 25.4 Å². The fourth-order valence-electron chi connectivity index (χ4n) is 4.66. The molecule has 1 aromatic rings. The highest BCUT2D eigenvalue weighted by Crippen LogP contribution is 2.23. The first-order chi connectivity index (χ1) is 18.4. The van der Waals surface area contributed by atoms with Gasteiger partial charge in [-0.1, -0.05) is 30.3 Å². The number of hydrogen-bond donors (Lipinski definition) is 1. The molecule has 2 aliphatic heterocycles. The van der Waals surface area contributed by atoms with Gasteiger partial charge in [0.1, 0.15) is 12.2 Å². The fourth-order valence-corrected chi connectivity index (χ4v) is 4.66. The van der Waals surface area contributed by atoms with Crippen molar-refractivity contribution in [3.8, 4) is 0 Å². The van der Waals surface area contributed by atoms with Crippen molar-refractivity contribution in [3.05, 3.63) is 35.9 Å². The highest BCUT2D eigenvalue weighted by atomic mass is 16.6. The minimum atomic E-state index is -0.722. The summed E-state index contributed by atoms with van der Waals surface area (Å²) in [5.74, 6) is -1.38. The molecule has 216 valence electrons. The van der Waals surface area contributed by atoms with Crippen molar-refractivity contribution in [3.63, 3.8) is 0 Å². The monoisotopic (exact) mass is 546 g/mol. The van der Waals surface area contributed by atoms with Gasteiger partial charge in [-0.05, 0) is 52.0 Å². The number of nitrogens with one attached hydrogen (secondary N) is 1. The highest BCUT2D eigenvalue weighted by molar-refractivity contribution is 6.34. The van der Waals surface area contributed by atoms with E-state index in [9.17, 15) is 19.2 Å². The molecule has 11 heteroatoms. The standard InChI is InChI=1S/C28H42N4O7/c1-28(2,3)39-26(35)31-16-13-21(14-17-31)37-19-23-22(29-24(33)25(34)30(4)5)12-9-15-32(23)27(36)38-18-20-10-7-6-8-11-20/h6-8,10-11,21-23H,9,12-19H2,1-5H3,(H,29,33). The Morgan fingerprint density at radius 2 is 1.64 bits per heavy atom. The van der Waals surface area contributed by atoms with Crippen LogP contribution in [0.3, 0.4) is 0 Å². The zero-order valence-corrected chi connectivity index (χ0v) is 23.7. The van der Waals surface area contributed by atoms with Crippen LogP contribution < -0.4 is 5.32 Å². The van der Waals surface area contributed by atoms with E-state index in [0.29, 0.717) is 45.3 Å². The normalized spacial score (nSPS) is 20.2. The van der Waals surface area contributed by atoms with Crippen LogP contribution in [0, 0.1) is 0 Å². The maximum absolute atomic E-state index is 13.1. The zero-order chi connectivity index (χ0) is 28.6. The molecule has 1 N–H and O–H groups in total. The summed E-state index contributed by atoms with van der Waals surface area (Å²) in [5, 5.41) is 2.81. The number of ether oxygens (including phenoxy) is 3. The van der Waals surface area contributed by atoms with Gasteiger partial charge in [0, 0.05) is 33.7 Å². The minimum absolute atomic E-state index is 0.118. The van der Waals surface area contributed by atoms with Crippen molar-refractivity contribution in [2.45, 2.75) is 76.9 Å². The molecule has 2 heterocycles. The fraction of sp³-hybridized carbons (Fsp3) is 0.643. The van der Waals surface area contributed by atoms with E-state index in [2.05, 4.69) is 5.32 Å². The Labute approximate surface area is 230 Å². The molecular formula is C28H42N4O7. The lowest BCUT2D eigenvalue weighted by atomic mass is 9.96. The van der Waals surface area contributed by atoms with Crippen LogP contribution in [0.4, 0.5) is 9.59 Å². The number of likely N-dealkylation sites (N-methyl/N-ethyl adjacent to an activating group) is 1. The number of rotatable bonds is 6. The number of benzene rings is 1. The SMILES string of the molecule is CN(C)C(=O)C(=O)NC1CCCN(C(=O)OCc2ccccc2)C1COC1CCN(C(=O)OC(C)(C)C)CC1. The Morgan fingerprint density at radius 3 is 2.26 bits per heavy atom. The third kappa shape index (κ3) is 9.12. The molecule has 2 unspecified atom stereocenters. The summed E-state index contributed by atoms with van der Waals surface area (Å²) in [5.41, 5.74) is 0.311. The predicted molar refractivity (Wildman–Crippen MR) is 144 cm³/mol. The largest absolute Gasteiger partial charge is 0.445 e. The third-order valence-electron chi connectivity index (χ3n) is 6.73. The van der Waals surface area contributed by atoms with E-state index in [1.807, 2.05) is 51.1 Å². The summed E-state index contributed by atoms with van der Waals surface area (Å²) >= 11 is 0. The molecule has 2 saturated heterocycles. The second kappa shape index (κ2) is 13.6. The highest BCUT2D eigenvalue weighted by Gasteiger charge is 2.38. The van der Waals surface area contributed by atoms with Crippen molar-refractivity contribution >= 4 is 24.0 Å². The molecule has 3 rings (SSSR count). The Kier molecular flexibility index (Phi) is 10.6. The summed E-state index contributed by atoms with van der Waals surface area (Å²) in [7, 11) is 3.03. The van der Waals surface area contributed by atoms with Crippen molar-refractivity contribution in [2.24, 2.45) is 0 Å². The molecular weight excluding hydrogens is 504 g/mol. The molecule has 0 spiro atoms. The molecule has 39 heavy (non-hydrogen) atoms. The first-order valence-electron chi connectivity index (χ1n) is 13.5. The molecule has 4 amide bonds. The number of amides is 4. The summed E-state index contributed by atoms with van der Waals surface area (Å²) in [6.45, 7) is 7.26. The van der Waals surface area contributed by atoms with Crippen LogP contribution in [-0.2, 0) is 30.4 Å². The van der Waals surface area contributed by atoms with Gasteiger partial charge in [0.15, 0.2) is 0 Å². The smallest absolute Gasteiger partial charge is 0.410 e. The van der Waals surface area contributed by atoms with Gasteiger partial charge in [0.05, 0.1) is 24.8 Å². The average molecular weight is 547 g/mol. The molecule has 0 bridgehead atoms. The van der Waals surface area contributed by atoms with Crippen LogP contribution in [0.15, 0.2) is 30.3 Å². The van der Waals surface area contributed by atoms with E-state index in [4.69, 9.17) is 14.2 Å². The molecule has 0 aromatic heterocycles. The number of hydrogen-bond acceptors (Lipinski definition) is 7. The van der Waals surface area contributed by atoms with Gasteiger partial charge in [-0.25, -0.2) is 9.59 Å². The number of carbonyl (C=O) groups is 4. The van der Waals surface area contributed by atoms with Crippen LogP contribution in [0.25, 0.3) is 0 Å². The van der Waals surface area contributed by atoms with Crippen molar-refractivity contribution < 1.29 is 33.4 Å². The van der Waals surface area contributed by atoms with Gasteiger partial charge in [0.2, 0.25) is 0 Å². The Bertz CT molecular complexity index is 987. The van der Waals surface area contributed by atoms with Gasteiger partial charge in [0.25, 0.3) is 0 Å². The number of piperidine rings is 2. The minimum Gasteiger partial charge on any atom is -0.445 e. The van der Waals surface area contributed by atoms with E-state index < -0.39 is 35.6 Å². The number of carbonyl (C=O) groups excluding carboxylic acids is 4. The van der Waals surface area contributed by atoms with Crippen LogP contribution >= 0.6 is 0 Å². The summed E-state index contributed by atoms with van der Waals surface area (Å²) in [4.78, 5) is 54.8. The van der Waals surface area contributed by atoms with Crippen LogP contribution in [0.1, 0.15) is 52.0 Å². The quantitative estimate of drug-likeness (QED) is 0.545. The maximum Gasteiger partial charge on any atom is 0.410 e. The van der Waals surface area contributed by atoms with E-state index in [0.717, 1.165) is 5.56 Å². The van der Waals surface area contributed by atoms with Crippen LogP contribution in [-0.4, -0.2) is 103 Å². The van der Waals surface area contributed by atoms with Gasteiger partial charge in [-0.15, -0.1) is 0 Å². The van der Waals surface area contributed by atoms with E-state index in [1.165, 1.54) is 19.0 Å². The molecule has 1 aromatic carbocycles. The van der Waals surface area contributed by atoms with E-state index in [1.54, 1.807) is 9.80 Å². The third-order valence-corrected chi connectivity index (χ3v) is 6.73. The lowest BCUT2D eigenvalue weighted by molar-refractivity contribution is -0.145. The zero-order valence-electron chi connectivity index (χ0n) is 23.7. The second-order valence-electron chi connectivity index (χ2n) is 11.2. The molecule has 11 nitrogen and oxygen atoms in total. The second-order valence-corrected chi connectivity index (χ2v) is 11.2. The summed E-state index contributed by atoms with van der Waals surface area (Å²) in [6, 6.07) is 8.42. The van der Waals surface area contributed by atoms with Gasteiger partial charge in [-0.3, -0.25) is 9.59 Å². The number of nitrogens with zero attached hydrogens (tertiary/aromatic N) is 3. The van der Waals surface area contributed by atoms with Gasteiger partial charge >= 0.3 is 24.0 Å². The molecule has 0 saturated carbocycles. The average Bonchev–Trinajstić information content (AvgIpc) is 2.90. The van der Waals surface area contributed by atoms with Crippen molar-refractivity contribution in [1.29, 1.82) is 0 Å². The van der Waals surface area contributed by atoms with Crippen LogP contribution in [0.2, 0.25) is 0 Å². The van der Waals surface area contributed by atoms with Crippen LogP contribution in [0.5, 0.6) is 0 Å². The molecule has 2 fully saturated rings. The molecule has 2 aliphatic rings. The molecule has 0 radical (unpaired) electrons.